The van der Waals surface area contributed by atoms with Crippen molar-refractivity contribution in [2.45, 2.75) is 23.6 Å². The summed E-state index contributed by atoms with van der Waals surface area (Å²) >= 11 is 1.09. The van der Waals surface area contributed by atoms with Crippen molar-refractivity contribution in [1.82, 2.24) is 9.21 Å². The van der Waals surface area contributed by atoms with E-state index in [4.69, 9.17) is 0 Å². The second kappa shape index (κ2) is 8.21. The number of hydrogen-bond donors (Lipinski definition) is 1. The van der Waals surface area contributed by atoms with Gasteiger partial charge >= 0.3 is 0 Å². The van der Waals surface area contributed by atoms with Crippen LogP contribution in [-0.2, 0) is 31.0 Å². The van der Waals surface area contributed by atoms with Crippen LogP contribution in [0.1, 0.15) is 18.4 Å². The summed E-state index contributed by atoms with van der Waals surface area (Å²) in [6, 6.07) is 9.83. The highest BCUT2D eigenvalue weighted by Crippen LogP contribution is 2.20. The SMILES string of the molecule is CN(CC(=O)Nc1ccc(CN2C(=O)CCC2=O)cc1)S(=O)(=O)c1cccs1. The molecule has 0 unspecified atom stereocenters. The molecule has 1 aromatic carbocycles. The summed E-state index contributed by atoms with van der Waals surface area (Å²) in [5.41, 5.74) is 1.26. The van der Waals surface area contributed by atoms with Gasteiger partial charge in [0.05, 0.1) is 13.1 Å². The van der Waals surface area contributed by atoms with E-state index in [2.05, 4.69) is 5.32 Å². The summed E-state index contributed by atoms with van der Waals surface area (Å²) in [6.07, 6.45) is 0.490. The van der Waals surface area contributed by atoms with E-state index in [1.807, 2.05) is 0 Å². The Morgan fingerprint density at radius 2 is 1.79 bits per heavy atom. The smallest absolute Gasteiger partial charge is 0.252 e. The maximum absolute atomic E-state index is 12.3. The molecule has 1 fully saturated rings. The largest absolute Gasteiger partial charge is 0.325 e. The lowest BCUT2D eigenvalue weighted by molar-refractivity contribution is -0.139. The zero-order valence-electron chi connectivity index (χ0n) is 15.1. The lowest BCUT2D eigenvalue weighted by atomic mass is 10.2. The van der Waals surface area contributed by atoms with Gasteiger partial charge in [-0.1, -0.05) is 18.2 Å². The second-order valence-corrected chi connectivity index (χ2v) is 9.53. The van der Waals surface area contributed by atoms with E-state index in [1.54, 1.807) is 35.7 Å². The summed E-state index contributed by atoms with van der Waals surface area (Å²) in [5, 5.41) is 4.30. The van der Waals surface area contributed by atoms with Crippen molar-refractivity contribution < 1.29 is 22.8 Å². The molecule has 148 valence electrons. The zero-order valence-corrected chi connectivity index (χ0v) is 16.8. The number of amides is 3. The van der Waals surface area contributed by atoms with Gasteiger partial charge in [-0.3, -0.25) is 19.3 Å². The fourth-order valence-electron chi connectivity index (χ4n) is 2.73. The van der Waals surface area contributed by atoms with Crippen LogP contribution in [0.5, 0.6) is 0 Å². The topological polar surface area (TPSA) is 104 Å². The molecule has 2 heterocycles. The monoisotopic (exact) mass is 421 g/mol. The molecule has 8 nitrogen and oxygen atoms in total. The maximum Gasteiger partial charge on any atom is 0.252 e. The number of sulfonamides is 1. The van der Waals surface area contributed by atoms with Crippen molar-refractivity contribution in [2.75, 3.05) is 18.9 Å². The van der Waals surface area contributed by atoms with Crippen LogP contribution in [0.25, 0.3) is 0 Å². The molecule has 10 heteroatoms. The van der Waals surface area contributed by atoms with Crippen LogP contribution in [0.2, 0.25) is 0 Å². The first-order valence-electron chi connectivity index (χ1n) is 8.49. The Morgan fingerprint density at radius 3 is 2.36 bits per heavy atom. The predicted molar refractivity (Wildman–Crippen MR) is 104 cm³/mol. The van der Waals surface area contributed by atoms with Gasteiger partial charge in [0.1, 0.15) is 4.21 Å². The van der Waals surface area contributed by atoms with Crippen molar-refractivity contribution in [3.05, 3.63) is 47.3 Å². The number of thiophene rings is 1. The highest BCUT2D eigenvalue weighted by Gasteiger charge is 2.28. The number of benzene rings is 1. The third kappa shape index (κ3) is 4.46. The Kier molecular flexibility index (Phi) is 5.92. The number of imide groups is 1. The van der Waals surface area contributed by atoms with Gasteiger partial charge in [-0.05, 0) is 29.1 Å². The summed E-state index contributed by atoms with van der Waals surface area (Å²) in [4.78, 5) is 36.7. The maximum atomic E-state index is 12.3. The number of nitrogens with zero attached hydrogens (tertiary/aromatic N) is 2. The zero-order chi connectivity index (χ0) is 20.3. The lowest BCUT2D eigenvalue weighted by Gasteiger charge is -2.16. The van der Waals surface area contributed by atoms with E-state index in [1.165, 1.54) is 18.0 Å². The molecule has 0 aliphatic carbocycles. The van der Waals surface area contributed by atoms with E-state index >= 15 is 0 Å². The molecule has 1 aliphatic heterocycles. The first-order valence-corrected chi connectivity index (χ1v) is 10.8. The number of likely N-dealkylation sites (N-methyl/N-ethyl adjacent to an activating group) is 1. The van der Waals surface area contributed by atoms with E-state index in [-0.39, 0.29) is 42.0 Å². The van der Waals surface area contributed by atoms with Crippen molar-refractivity contribution in [3.63, 3.8) is 0 Å². The van der Waals surface area contributed by atoms with Crippen molar-refractivity contribution in [3.8, 4) is 0 Å². The molecular formula is C18H19N3O5S2. The molecule has 1 saturated heterocycles. The molecule has 1 N–H and O–H groups in total. The Labute approximate surface area is 166 Å². The third-order valence-corrected chi connectivity index (χ3v) is 7.44. The summed E-state index contributed by atoms with van der Waals surface area (Å²) in [7, 11) is -2.34. The van der Waals surface area contributed by atoms with Crippen LogP contribution in [0.3, 0.4) is 0 Å². The summed E-state index contributed by atoms with van der Waals surface area (Å²) < 4.78 is 25.9. The normalized spacial score (nSPS) is 14.7. The second-order valence-electron chi connectivity index (χ2n) is 6.31. The van der Waals surface area contributed by atoms with Gasteiger partial charge in [0.25, 0.3) is 10.0 Å². The molecule has 0 spiro atoms. The lowest BCUT2D eigenvalue weighted by Crippen LogP contribution is -2.34. The third-order valence-electron chi connectivity index (χ3n) is 4.26. The van der Waals surface area contributed by atoms with Gasteiger partial charge < -0.3 is 5.32 Å². The summed E-state index contributed by atoms with van der Waals surface area (Å²) in [6.45, 7) is -0.119. The predicted octanol–water partition coefficient (Wildman–Crippen LogP) is 1.66. The number of carbonyl (C=O) groups excluding carboxylic acids is 3. The Morgan fingerprint density at radius 1 is 1.14 bits per heavy atom. The van der Waals surface area contributed by atoms with Crippen LogP contribution in [0.15, 0.2) is 46.0 Å². The Bertz CT molecular complexity index is 969. The molecule has 1 aliphatic rings. The van der Waals surface area contributed by atoms with Gasteiger partial charge in [0, 0.05) is 25.6 Å². The van der Waals surface area contributed by atoms with Gasteiger partial charge in [-0.25, -0.2) is 8.42 Å². The first-order chi connectivity index (χ1) is 13.3. The fourth-order valence-corrected chi connectivity index (χ4v) is 5.05. The average molecular weight is 422 g/mol. The molecule has 28 heavy (non-hydrogen) atoms. The minimum atomic E-state index is -3.69. The molecule has 2 aromatic rings. The van der Waals surface area contributed by atoms with E-state index in [0.717, 1.165) is 21.2 Å². The number of hydrogen-bond acceptors (Lipinski definition) is 6. The van der Waals surface area contributed by atoms with Crippen LogP contribution in [-0.4, -0.2) is 48.9 Å². The minimum Gasteiger partial charge on any atom is -0.325 e. The molecule has 0 saturated carbocycles. The number of likely N-dealkylation sites (tertiary alicyclic amines) is 1. The van der Waals surface area contributed by atoms with E-state index in [0.29, 0.717) is 5.69 Å². The number of carbonyl (C=O) groups is 3. The Hall–Kier alpha value is -2.56. The summed E-state index contributed by atoms with van der Waals surface area (Å²) in [5.74, 6) is -0.838. The van der Waals surface area contributed by atoms with Crippen molar-refractivity contribution >= 4 is 44.8 Å². The van der Waals surface area contributed by atoms with Gasteiger partial charge in [-0.2, -0.15) is 4.31 Å². The first kappa shape index (κ1) is 20.2. The molecule has 0 bridgehead atoms. The molecule has 1 aromatic heterocycles. The molecular weight excluding hydrogens is 402 g/mol. The molecule has 3 amide bonds. The van der Waals surface area contributed by atoms with Gasteiger partial charge in [0.2, 0.25) is 17.7 Å². The molecule has 3 rings (SSSR count). The van der Waals surface area contributed by atoms with Crippen LogP contribution >= 0.6 is 11.3 Å². The van der Waals surface area contributed by atoms with E-state index < -0.39 is 15.9 Å². The standard InChI is InChI=1S/C18H19N3O5S2/c1-20(28(25,26)18-3-2-10-27-18)12-15(22)19-14-6-4-13(5-7-14)11-21-16(23)8-9-17(21)24/h2-7,10H,8-9,11-12H2,1H3,(H,19,22). The van der Waals surface area contributed by atoms with Crippen LogP contribution in [0.4, 0.5) is 5.69 Å². The fraction of sp³-hybridized carbons (Fsp3) is 0.278. The van der Waals surface area contributed by atoms with Crippen molar-refractivity contribution in [2.24, 2.45) is 0 Å². The van der Waals surface area contributed by atoms with Crippen molar-refractivity contribution in [1.29, 1.82) is 0 Å². The quantitative estimate of drug-likeness (QED) is 0.685. The highest BCUT2D eigenvalue weighted by atomic mass is 32.2. The van der Waals surface area contributed by atoms with E-state index in [9.17, 15) is 22.8 Å². The molecule has 0 atom stereocenters. The van der Waals surface area contributed by atoms with Gasteiger partial charge in [0.15, 0.2) is 0 Å². The average Bonchev–Trinajstić information content (AvgIpc) is 3.29. The Balaban J connectivity index is 1.57. The number of nitrogens with one attached hydrogen (secondary N) is 1. The minimum absolute atomic E-state index is 0.179. The van der Waals surface area contributed by atoms with Crippen LogP contribution < -0.4 is 5.32 Å². The van der Waals surface area contributed by atoms with Crippen LogP contribution in [0, 0.1) is 0 Å². The molecule has 0 radical (unpaired) electrons. The number of rotatable bonds is 7. The number of anilines is 1. The van der Waals surface area contributed by atoms with Gasteiger partial charge in [-0.15, -0.1) is 11.3 Å². The highest BCUT2D eigenvalue weighted by molar-refractivity contribution is 7.91.